The summed E-state index contributed by atoms with van der Waals surface area (Å²) < 4.78 is 16.7. The van der Waals surface area contributed by atoms with E-state index in [4.69, 9.17) is 14.2 Å². The van der Waals surface area contributed by atoms with Gasteiger partial charge >= 0.3 is 17.9 Å². The van der Waals surface area contributed by atoms with E-state index in [2.05, 4.69) is 26.8 Å². The Morgan fingerprint density at radius 3 is 0.968 bits per heavy atom. The summed E-state index contributed by atoms with van der Waals surface area (Å²) in [6.45, 7) is 6.45. The van der Waals surface area contributed by atoms with Crippen molar-refractivity contribution in [2.75, 3.05) is 13.2 Å². The van der Waals surface area contributed by atoms with E-state index < -0.39 is 6.10 Å². The number of unbranched alkanes of at least 4 members (excludes halogenated alkanes) is 30. The molecule has 0 aliphatic heterocycles. The zero-order valence-corrected chi connectivity index (χ0v) is 40.9. The minimum Gasteiger partial charge on any atom is -0.462 e. The number of esters is 3. The van der Waals surface area contributed by atoms with E-state index in [1.165, 1.54) is 161 Å². The van der Waals surface area contributed by atoms with Crippen molar-refractivity contribution in [2.45, 2.75) is 264 Å². The molecule has 0 bridgehead atoms. The normalized spacial score (nSPS) is 12.5. The molecule has 358 valence electrons. The second kappa shape index (κ2) is 50.8. The number of allylic oxidation sites excluding steroid dienone is 10. The van der Waals surface area contributed by atoms with Crippen LogP contribution >= 0.6 is 0 Å². The molecule has 0 rings (SSSR count). The molecule has 0 aliphatic rings. The highest BCUT2D eigenvalue weighted by Crippen LogP contribution is 2.16. The van der Waals surface area contributed by atoms with E-state index in [-0.39, 0.29) is 37.5 Å². The molecular weight excluding hydrogens is 769 g/mol. The van der Waals surface area contributed by atoms with Crippen molar-refractivity contribution >= 4 is 17.9 Å². The van der Waals surface area contributed by atoms with Gasteiger partial charge in [-0.05, 0) is 32.1 Å². The predicted molar refractivity (Wildman–Crippen MR) is 265 cm³/mol. The maximum atomic E-state index is 12.7. The van der Waals surface area contributed by atoms with Gasteiger partial charge in [0.05, 0.1) is 0 Å². The van der Waals surface area contributed by atoms with Gasteiger partial charge in [0.25, 0.3) is 0 Å². The molecule has 0 aromatic rings. The molecular formula is C56H98O6. The second-order valence-electron chi connectivity index (χ2n) is 17.5. The maximum absolute atomic E-state index is 12.7. The van der Waals surface area contributed by atoms with E-state index >= 15 is 0 Å². The van der Waals surface area contributed by atoms with E-state index in [0.717, 1.165) is 51.4 Å². The first-order valence-corrected chi connectivity index (χ1v) is 26.4. The fraction of sp³-hybridized carbons (Fsp3) is 0.768. The van der Waals surface area contributed by atoms with E-state index in [1.54, 1.807) is 0 Å². The summed E-state index contributed by atoms with van der Waals surface area (Å²) in [5, 5.41) is 0. The van der Waals surface area contributed by atoms with Crippen LogP contribution in [0.5, 0.6) is 0 Å². The van der Waals surface area contributed by atoms with Crippen LogP contribution in [-0.2, 0) is 28.6 Å². The Labute approximate surface area is 383 Å². The van der Waals surface area contributed by atoms with Gasteiger partial charge in [-0.3, -0.25) is 14.4 Å². The van der Waals surface area contributed by atoms with E-state index in [1.807, 2.05) is 54.7 Å². The third kappa shape index (κ3) is 48.1. The SMILES string of the molecule is CC\C=C/C=C\C=C/C=C\C=C/CCCC(=O)OC(COC(=O)CCCCCCCCCCCCCCC)COC(=O)CCCCCCCCCCCCCCCCCCCC. The van der Waals surface area contributed by atoms with E-state index in [0.29, 0.717) is 19.3 Å². The summed E-state index contributed by atoms with van der Waals surface area (Å²) in [5.41, 5.74) is 0. The Balaban J connectivity index is 4.40. The molecule has 0 heterocycles. The lowest BCUT2D eigenvalue weighted by molar-refractivity contribution is -0.167. The van der Waals surface area contributed by atoms with Gasteiger partial charge in [0.15, 0.2) is 6.10 Å². The summed E-state index contributed by atoms with van der Waals surface area (Å²) >= 11 is 0. The quantitative estimate of drug-likeness (QED) is 0.0262. The molecule has 0 aliphatic carbocycles. The first-order valence-electron chi connectivity index (χ1n) is 26.4. The summed E-state index contributed by atoms with van der Waals surface area (Å²) in [7, 11) is 0. The second-order valence-corrected chi connectivity index (χ2v) is 17.5. The first-order chi connectivity index (χ1) is 30.5. The lowest BCUT2D eigenvalue weighted by Crippen LogP contribution is -2.30. The fourth-order valence-electron chi connectivity index (χ4n) is 7.47. The van der Waals surface area contributed by atoms with E-state index in [9.17, 15) is 14.4 Å². The Morgan fingerprint density at radius 2 is 0.629 bits per heavy atom. The van der Waals surface area contributed by atoms with Crippen molar-refractivity contribution in [3.05, 3.63) is 60.8 Å². The molecule has 0 saturated carbocycles. The smallest absolute Gasteiger partial charge is 0.306 e. The molecule has 1 unspecified atom stereocenters. The predicted octanol–water partition coefficient (Wildman–Crippen LogP) is 17.3. The Morgan fingerprint density at radius 1 is 0.339 bits per heavy atom. The van der Waals surface area contributed by atoms with Gasteiger partial charge < -0.3 is 14.2 Å². The molecule has 0 aromatic heterocycles. The minimum atomic E-state index is -0.806. The standard InChI is InChI=1S/C56H98O6/c1-4-7-10-13-16-19-22-25-26-27-28-29-32-34-37-40-43-46-49-55(58)61-52-53(62-56(59)50-47-44-41-38-35-31-24-21-18-15-12-9-6-3)51-60-54(57)48-45-42-39-36-33-30-23-20-17-14-11-8-5-2/h9,12,15,18,21,24,31,35,38,41,53H,4-8,10-11,13-14,16-17,19-20,22-23,25-30,32-34,36-37,39-40,42-52H2,1-3H3/b12-9-,18-15-,24-21-,35-31-,41-38-. The van der Waals surface area contributed by atoms with Crippen LogP contribution in [0.15, 0.2) is 60.8 Å². The van der Waals surface area contributed by atoms with Gasteiger partial charge in [-0.1, -0.05) is 268 Å². The average molecular weight is 867 g/mol. The summed E-state index contributed by atoms with van der Waals surface area (Å²) in [4.78, 5) is 37.9. The lowest BCUT2D eigenvalue weighted by Gasteiger charge is -2.18. The number of ether oxygens (including phenoxy) is 3. The Hall–Kier alpha value is -2.89. The van der Waals surface area contributed by atoms with Crippen LogP contribution in [0.1, 0.15) is 258 Å². The van der Waals surface area contributed by atoms with Crippen LogP contribution in [-0.4, -0.2) is 37.2 Å². The van der Waals surface area contributed by atoms with Gasteiger partial charge in [0, 0.05) is 19.3 Å². The van der Waals surface area contributed by atoms with Crippen LogP contribution in [0.2, 0.25) is 0 Å². The summed E-state index contributed by atoms with van der Waals surface area (Å²) in [6.07, 6.45) is 62.2. The molecule has 6 heteroatoms. The van der Waals surface area contributed by atoms with Crippen molar-refractivity contribution in [2.24, 2.45) is 0 Å². The number of rotatable bonds is 47. The number of carbonyl (C=O) groups is 3. The highest BCUT2D eigenvalue weighted by molar-refractivity contribution is 5.71. The zero-order valence-electron chi connectivity index (χ0n) is 40.9. The molecule has 0 saturated heterocycles. The molecule has 0 spiro atoms. The highest BCUT2D eigenvalue weighted by atomic mass is 16.6. The third-order valence-electron chi connectivity index (χ3n) is 11.4. The van der Waals surface area contributed by atoms with Gasteiger partial charge in [-0.2, -0.15) is 0 Å². The van der Waals surface area contributed by atoms with Gasteiger partial charge in [-0.15, -0.1) is 0 Å². The van der Waals surface area contributed by atoms with Crippen molar-refractivity contribution < 1.29 is 28.6 Å². The molecule has 0 aromatic carbocycles. The van der Waals surface area contributed by atoms with Gasteiger partial charge in [-0.25, -0.2) is 0 Å². The third-order valence-corrected chi connectivity index (χ3v) is 11.4. The summed E-state index contributed by atoms with van der Waals surface area (Å²) in [6, 6.07) is 0. The molecule has 0 radical (unpaired) electrons. The van der Waals surface area contributed by atoms with Crippen molar-refractivity contribution in [1.29, 1.82) is 0 Å². The Kier molecular flexibility index (Phi) is 48.4. The minimum absolute atomic E-state index is 0.0993. The maximum Gasteiger partial charge on any atom is 0.306 e. The number of carbonyl (C=O) groups excluding carboxylic acids is 3. The molecule has 62 heavy (non-hydrogen) atoms. The van der Waals surface area contributed by atoms with Crippen LogP contribution < -0.4 is 0 Å². The molecule has 0 fully saturated rings. The Bertz CT molecular complexity index is 1130. The average Bonchev–Trinajstić information content (AvgIpc) is 3.27. The van der Waals surface area contributed by atoms with Crippen LogP contribution in [0, 0.1) is 0 Å². The monoisotopic (exact) mass is 867 g/mol. The summed E-state index contributed by atoms with van der Waals surface area (Å²) in [5.74, 6) is -0.965. The number of hydrogen-bond acceptors (Lipinski definition) is 6. The molecule has 0 N–H and O–H groups in total. The zero-order chi connectivity index (χ0) is 45.1. The lowest BCUT2D eigenvalue weighted by atomic mass is 10.0. The van der Waals surface area contributed by atoms with Crippen molar-refractivity contribution in [3.63, 3.8) is 0 Å². The molecule has 0 amide bonds. The number of hydrogen-bond donors (Lipinski definition) is 0. The topological polar surface area (TPSA) is 78.9 Å². The van der Waals surface area contributed by atoms with Crippen molar-refractivity contribution in [3.8, 4) is 0 Å². The van der Waals surface area contributed by atoms with Crippen LogP contribution in [0.25, 0.3) is 0 Å². The highest BCUT2D eigenvalue weighted by Gasteiger charge is 2.19. The van der Waals surface area contributed by atoms with Gasteiger partial charge in [0.1, 0.15) is 13.2 Å². The first kappa shape index (κ1) is 59.1. The largest absolute Gasteiger partial charge is 0.462 e. The van der Waals surface area contributed by atoms with Crippen LogP contribution in [0.4, 0.5) is 0 Å². The molecule has 1 atom stereocenters. The van der Waals surface area contributed by atoms with Crippen molar-refractivity contribution in [1.82, 2.24) is 0 Å². The van der Waals surface area contributed by atoms with Gasteiger partial charge in [0.2, 0.25) is 0 Å². The molecule has 6 nitrogen and oxygen atoms in total. The fourth-order valence-corrected chi connectivity index (χ4v) is 7.47. The van der Waals surface area contributed by atoms with Crippen LogP contribution in [0.3, 0.4) is 0 Å².